The SMILES string of the molecule is NC1CCCN(C(=O)c2ccn3c(-c4ccccc4)c(-c4cc5ccccc5n4CC4CC4)nc3c2)C1. The molecule has 5 aromatic rings. The number of likely N-dealkylation sites (tertiary alicyclic amines) is 1. The highest BCUT2D eigenvalue weighted by Gasteiger charge is 2.27. The van der Waals surface area contributed by atoms with E-state index in [1.165, 1.54) is 23.7 Å². The molecule has 1 unspecified atom stereocenters. The number of nitrogens with zero attached hydrogens (tertiary/aromatic N) is 4. The number of carbonyl (C=O) groups excluding carboxylic acids is 1. The molecule has 7 rings (SSSR count). The molecule has 2 N–H and O–H groups in total. The second-order valence-corrected chi connectivity index (χ2v) is 10.6. The predicted octanol–water partition coefficient (Wildman–Crippen LogP) is 5.60. The summed E-state index contributed by atoms with van der Waals surface area (Å²) in [6, 6.07) is 25.2. The first-order valence-electron chi connectivity index (χ1n) is 13.4. The van der Waals surface area contributed by atoms with E-state index in [0.717, 1.165) is 60.1 Å². The van der Waals surface area contributed by atoms with Crippen molar-refractivity contribution in [2.24, 2.45) is 11.7 Å². The predicted molar refractivity (Wildman–Crippen MR) is 147 cm³/mol. The van der Waals surface area contributed by atoms with E-state index in [-0.39, 0.29) is 11.9 Å². The maximum absolute atomic E-state index is 13.3. The first-order valence-corrected chi connectivity index (χ1v) is 13.4. The van der Waals surface area contributed by atoms with Crippen molar-refractivity contribution >= 4 is 22.5 Å². The van der Waals surface area contributed by atoms with Crippen LogP contribution in [0.5, 0.6) is 0 Å². The molecule has 6 nitrogen and oxygen atoms in total. The second-order valence-electron chi connectivity index (χ2n) is 10.6. The molecule has 6 heteroatoms. The van der Waals surface area contributed by atoms with Crippen LogP contribution in [0.3, 0.4) is 0 Å². The molecular weight excluding hydrogens is 458 g/mol. The number of pyridine rings is 1. The summed E-state index contributed by atoms with van der Waals surface area (Å²) >= 11 is 0. The van der Waals surface area contributed by atoms with Crippen LogP contribution in [-0.4, -0.2) is 43.9 Å². The van der Waals surface area contributed by atoms with Crippen molar-refractivity contribution in [3.05, 3.63) is 84.6 Å². The molecule has 2 fully saturated rings. The number of carbonyl (C=O) groups is 1. The number of amides is 1. The third-order valence-corrected chi connectivity index (χ3v) is 7.86. The molecule has 186 valence electrons. The molecule has 1 aliphatic heterocycles. The van der Waals surface area contributed by atoms with Gasteiger partial charge >= 0.3 is 0 Å². The largest absolute Gasteiger partial charge is 0.339 e. The number of aromatic nitrogens is 3. The Kier molecular flexibility index (Phi) is 5.36. The summed E-state index contributed by atoms with van der Waals surface area (Å²) in [4.78, 5) is 20.4. The van der Waals surface area contributed by atoms with Crippen LogP contribution in [0, 0.1) is 5.92 Å². The fraction of sp³-hybridized carbons (Fsp3) is 0.290. The Bertz CT molecular complexity index is 1610. The Balaban J connectivity index is 1.40. The number of benzene rings is 2. The van der Waals surface area contributed by atoms with Gasteiger partial charge in [-0.05, 0) is 55.9 Å². The number of rotatable bonds is 5. The highest BCUT2D eigenvalue weighted by atomic mass is 16.2. The van der Waals surface area contributed by atoms with Crippen LogP contribution in [0.15, 0.2) is 79.0 Å². The van der Waals surface area contributed by atoms with Crippen LogP contribution in [0.25, 0.3) is 39.2 Å². The van der Waals surface area contributed by atoms with Gasteiger partial charge in [-0.2, -0.15) is 0 Å². The average molecular weight is 490 g/mol. The Hall–Kier alpha value is -3.90. The van der Waals surface area contributed by atoms with Crippen molar-refractivity contribution in [3.63, 3.8) is 0 Å². The van der Waals surface area contributed by atoms with E-state index >= 15 is 0 Å². The molecular formula is C31H31N5O. The van der Waals surface area contributed by atoms with E-state index in [9.17, 15) is 4.79 Å². The van der Waals surface area contributed by atoms with Gasteiger partial charge in [-0.3, -0.25) is 9.20 Å². The third kappa shape index (κ3) is 4.02. The van der Waals surface area contributed by atoms with Gasteiger partial charge in [-0.15, -0.1) is 0 Å². The minimum Gasteiger partial charge on any atom is -0.339 e. The molecule has 4 heterocycles. The standard InChI is InChI=1S/C31H31N5O/c32-25-10-6-15-34(20-25)31(37)24-14-16-35-28(18-24)33-29(30(35)22-7-2-1-3-8-22)27-17-23-9-4-5-11-26(23)36(27)19-21-12-13-21/h1-5,7-9,11,14,16-18,21,25H,6,10,12-13,15,19-20,32H2. The summed E-state index contributed by atoms with van der Waals surface area (Å²) in [5, 5.41) is 1.23. The lowest BCUT2D eigenvalue weighted by molar-refractivity contribution is 0.0709. The first kappa shape index (κ1) is 22.3. The van der Waals surface area contributed by atoms with E-state index in [1.54, 1.807) is 0 Å². The second kappa shape index (κ2) is 8.89. The number of fused-ring (bicyclic) bond motifs is 2. The lowest BCUT2D eigenvalue weighted by atomic mass is 10.1. The Morgan fingerprint density at radius 2 is 1.78 bits per heavy atom. The number of piperidine rings is 1. The quantitative estimate of drug-likeness (QED) is 0.350. The Morgan fingerprint density at radius 1 is 0.973 bits per heavy atom. The van der Waals surface area contributed by atoms with Gasteiger partial charge in [0.1, 0.15) is 11.3 Å². The van der Waals surface area contributed by atoms with Crippen LogP contribution >= 0.6 is 0 Å². The van der Waals surface area contributed by atoms with Gasteiger partial charge < -0.3 is 15.2 Å². The number of nitrogens with two attached hydrogens (primary N) is 1. The molecule has 1 saturated carbocycles. The summed E-state index contributed by atoms with van der Waals surface area (Å²) < 4.78 is 4.57. The molecule has 0 radical (unpaired) electrons. The monoisotopic (exact) mass is 489 g/mol. The topological polar surface area (TPSA) is 68.6 Å². The van der Waals surface area contributed by atoms with Crippen molar-refractivity contribution < 1.29 is 4.79 Å². The van der Waals surface area contributed by atoms with Crippen molar-refractivity contribution in [1.29, 1.82) is 0 Å². The first-order chi connectivity index (χ1) is 18.2. The van der Waals surface area contributed by atoms with Crippen LogP contribution in [0.2, 0.25) is 0 Å². The normalized spacial score (nSPS) is 18.1. The maximum Gasteiger partial charge on any atom is 0.254 e. The number of para-hydroxylation sites is 1. The van der Waals surface area contributed by atoms with Crippen LogP contribution in [0.4, 0.5) is 0 Å². The minimum atomic E-state index is 0.0336. The molecule has 1 amide bonds. The van der Waals surface area contributed by atoms with E-state index in [1.807, 2.05) is 29.3 Å². The van der Waals surface area contributed by atoms with Crippen LogP contribution in [0.1, 0.15) is 36.0 Å². The fourth-order valence-electron chi connectivity index (χ4n) is 5.77. The zero-order chi connectivity index (χ0) is 24.9. The lowest BCUT2D eigenvalue weighted by Crippen LogP contribution is -2.45. The molecule has 1 atom stereocenters. The molecule has 1 saturated heterocycles. The molecule has 2 aromatic carbocycles. The van der Waals surface area contributed by atoms with Gasteiger partial charge in [0.25, 0.3) is 5.91 Å². The summed E-state index contributed by atoms with van der Waals surface area (Å²) in [6.07, 6.45) is 6.50. The third-order valence-electron chi connectivity index (χ3n) is 7.86. The van der Waals surface area contributed by atoms with Crippen molar-refractivity contribution in [2.75, 3.05) is 13.1 Å². The lowest BCUT2D eigenvalue weighted by Gasteiger charge is -2.30. The molecule has 3 aromatic heterocycles. The number of imidazole rings is 1. The van der Waals surface area contributed by atoms with Gasteiger partial charge in [0.2, 0.25) is 0 Å². The summed E-state index contributed by atoms with van der Waals surface area (Å²) in [7, 11) is 0. The van der Waals surface area contributed by atoms with Gasteiger partial charge in [-0.25, -0.2) is 4.98 Å². The highest BCUT2D eigenvalue weighted by molar-refractivity contribution is 5.96. The van der Waals surface area contributed by atoms with Crippen LogP contribution < -0.4 is 5.73 Å². The summed E-state index contributed by atoms with van der Waals surface area (Å²) in [6.45, 7) is 2.37. The number of hydrogen-bond acceptors (Lipinski definition) is 3. The average Bonchev–Trinajstić information content (AvgIpc) is 3.57. The fourth-order valence-corrected chi connectivity index (χ4v) is 5.77. The smallest absolute Gasteiger partial charge is 0.254 e. The van der Waals surface area contributed by atoms with Crippen molar-refractivity contribution in [1.82, 2.24) is 18.9 Å². The zero-order valence-corrected chi connectivity index (χ0v) is 20.9. The minimum absolute atomic E-state index is 0.0336. The summed E-state index contributed by atoms with van der Waals surface area (Å²) in [5.41, 5.74) is 13.1. The molecule has 2 aliphatic rings. The van der Waals surface area contributed by atoms with Crippen LogP contribution in [-0.2, 0) is 6.54 Å². The van der Waals surface area contributed by atoms with Gasteiger partial charge in [-0.1, -0.05) is 48.5 Å². The molecule has 0 spiro atoms. The van der Waals surface area contributed by atoms with E-state index in [2.05, 4.69) is 63.6 Å². The van der Waals surface area contributed by atoms with Crippen molar-refractivity contribution in [2.45, 2.75) is 38.3 Å². The molecule has 0 bridgehead atoms. The Morgan fingerprint density at radius 3 is 2.59 bits per heavy atom. The zero-order valence-electron chi connectivity index (χ0n) is 20.9. The van der Waals surface area contributed by atoms with E-state index in [0.29, 0.717) is 12.1 Å². The Labute approximate surface area is 216 Å². The summed E-state index contributed by atoms with van der Waals surface area (Å²) in [5.74, 6) is 0.762. The maximum atomic E-state index is 13.3. The molecule has 37 heavy (non-hydrogen) atoms. The van der Waals surface area contributed by atoms with Gasteiger partial charge in [0.05, 0.1) is 11.4 Å². The van der Waals surface area contributed by atoms with Crippen molar-refractivity contribution in [3.8, 4) is 22.6 Å². The van der Waals surface area contributed by atoms with Gasteiger partial charge in [0.15, 0.2) is 0 Å². The molecule has 1 aliphatic carbocycles. The van der Waals surface area contributed by atoms with E-state index in [4.69, 9.17) is 10.7 Å². The number of hydrogen-bond donors (Lipinski definition) is 1. The van der Waals surface area contributed by atoms with Gasteiger partial charge in [0, 0.05) is 53.9 Å². The highest BCUT2D eigenvalue weighted by Crippen LogP contribution is 2.39. The van der Waals surface area contributed by atoms with E-state index < -0.39 is 0 Å².